The molecule has 12 heteroatoms. The van der Waals surface area contributed by atoms with Crippen molar-refractivity contribution < 1.29 is 57.5 Å². The molecule has 0 radical (unpaired) electrons. The molecule has 9 rings (SSSR count). The zero-order valence-electron chi connectivity index (χ0n) is 34.8. The third kappa shape index (κ3) is 7.52. The van der Waals surface area contributed by atoms with E-state index in [1.54, 1.807) is 27.9 Å². The molecule has 8 unspecified atom stereocenters. The summed E-state index contributed by atoms with van der Waals surface area (Å²) in [6, 6.07) is 0. The van der Waals surface area contributed by atoms with Crippen molar-refractivity contribution in [3.8, 4) is 0 Å². The molecule has 56 heavy (non-hydrogen) atoms. The molecule has 8 bridgehead atoms. The summed E-state index contributed by atoms with van der Waals surface area (Å²) in [4.78, 5) is 69.5. The number of hydrogen-bond acceptors (Lipinski definition) is 11. The van der Waals surface area contributed by atoms with Crippen LogP contribution in [0.5, 0.6) is 0 Å². The van der Waals surface area contributed by atoms with E-state index >= 15 is 4.79 Å². The van der Waals surface area contributed by atoms with E-state index in [4.69, 9.17) is 28.4 Å². The zero-order chi connectivity index (χ0) is 40.5. The van der Waals surface area contributed by atoms with Crippen LogP contribution in [0.3, 0.4) is 0 Å². The van der Waals surface area contributed by atoms with E-state index in [9.17, 15) is 24.3 Å². The molecule has 1 saturated heterocycles. The van der Waals surface area contributed by atoms with Crippen LogP contribution in [0.25, 0.3) is 0 Å². The standard InChI is InChI=1S/C44H66O12/c1-8-39(4,35(48)53-22-31-10-9-11-32(51-6)54-31)24-40(5,36(49)56-44-20-29-13-30(21-44)17-42(16-29,26-44)37(50)52-7)23-38(2,3)34(47)55-43-18-27-12-28(19-43)15-41(14-27,25-43)33(45)46/h27-32H,8-26H2,1-7H3,(H,45,46). The number of esters is 4. The quantitative estimate of drug-likeness (QED) is 0.130. The fourth-order valence-electron chi connectivity index (χ4n) is 13.9. The van der Waals surface area contributed by atoms with Crippen LogP contribution in [0.15, 0.2) is 0 Å². The van der Waals surface area contributed by atoms with Gasteiger partial charge in [0.2, 0.25) is 0 Å². The van der Waals surface area contributed by atoms with Crippen molar-refractivity contribution in [3.63, 3.8) is 0 Å². The molecule has 1 heterocycles. The smallest absolute Gasteiger partial charge is 0.312 e. The minimum atomic E-state index is -1.35. The molecule has 0 aromatic heterocycles. The number of carboxylic acid groups (broad SMARTS) is 1. The Morgan fingerprint density at radius 3 is 1.75 bits per heavy atom. The summed E-state index contributed by atoms with van der Waals surface area (Å²) < 4.78 is 35.9. The maximum atomic E-state index is 15.1. The highest BCUT2D eigenvalue weighted by molar-refractivity contribution is 5.84. The molecule has 8 atom stereocenters. The number of carboxylic acids is 1. The zero-order valence-corrected chi connectivity index (χ0v) is 34.8. The van der Waals surface area contributed by atoms with Crippen molar-refractivity contribution in [2.75, 3.05) is 20.8 Å². The van der Waals surface area contributed by atoms with Gasteiger partial charge in [-0.15, -0.1) is 0 Å². The summed E-state index contributed by atoms with van der Waals surface area (Å²) in [6.45, 7) is 9.12. The van der Waals surface area contributed by atoms with Crippen LogP contribution >= 0.6 is 0 Å². The molecule has 12 nitrogen and oxygen atoms in total. The number of hydrogen-bond donors (Lipinski definition) is 1. The maximum absolute atomic E-state index is 15.1. The second-order valence-electron chi connectivity index (χ2n) is 21.1. The lowest BCUT2D eigenvalue weighted by molar-refractivity contribution is -0.223. The van der Waals surface area contributed by atoms with Crippen molar-refractivity contribution in [2.45, 2.75) is 174 Å². The molecule has 314 valence electrons. The van der Waals surface area contributed by atoms with Gasteiger partial charge in [0.25, 0.3) is 0 Å². The monoisotopic (exact) mass is 786 g/mol. The molecule has 0 aromatic rings. The highest BCUT2D eigenvalue weighted by Crippen LogP contribution is 2.65. The van der Waals surface area contributed by atoms with E-state index in [1.807, 2.05) is 13.8 Å². The van der Waals surface area contributed by atoms with Crippen molar-refractivity contribution in [1.29, 1.82) is 0 Å². The molecule has 1 N–H and O–H groups in total. The molecule has 9 fully saturated rings. The average Bonchev–Trinajstić information content (AvgIpc) is 3.11. The van der Waals surface area contributed by atoms with E-state index in [1.165, 1.54) is 7.11 Å². The second-order valence-corrected chi connectivity index (χ2v) is 21.1. The SMILES string of the molecule is CCC(C)(CC(C)(CC(C)(C)C(=O)OC12CC3CC(C1)CC(C(=O)O)(C3)C2)C(=O)OC12CC3CC(C1)CC(C(=O)OC)(C3)C2)C(=O)OCC1CCCC(OC)O1. The lowest BCUT2D eigenvalue weighted by atomic mass is 9.47. The van der Waals surface area contributed by atoms with Gasteiger partial charge in [0, 0.05) is 20.0 Å². The Morgan fingerprint density at radius 1 is 0.696 bits per heavy atom. The Labute approximate surface area is 332 Å². The minimum Gasteiger partial charge on any atom is -0.481 e. The third-order valence-corrected chi connectivity index (χ3v) is 15.6. The number of carbonyl (C=O) groups excluding carboxylic acids is 4. The Balaban J connectivity index is 1.14. The van der Waals surface area contributed by atoms with Gasteiger partial charge in [-0.1, -0.05) is 6.92 Å². The van der Waals surface area contributed by atoms with Crippen molar-refractivity contribution in [3.05, 3.63) is 0 Å². The number of aliphatic carboxylic acids is 1. The summed E-state index contributed by atoms with van der Waals surface area (Å²) in [5.41, 5.74) is -6.92. The number of carbonyl (C=O) groups is 5. The van der Waals surface area contributed by atoms with Crippen LogP contribution in [0.4, 0.5) is 0 Å². The van der Waals surface area contributed by atoms with Gasteiger partial charge in [-0.25, -0.2) is 0 Å². The third-order valence-electron chi connectivity index (χ3n) is 15.6. The van der Waals surface area contributed by atoms with E-state index in [0.717, 1.165) is 44.9 Å². The summed E-state index contributed by atoms with van der Waals surface area (Å²) in [5.74, 6) is -1.58. The van der Waals surface area contributed by atoms with Gasteiger partial charge in [0.1, 0.15) is 17.8 Å². The molecular weight excluding hydrogens is 720 g/mol. The van der Waals surface area contributed by atoms with Gasteiger partial charge in [-0.2, -0.15) is 0 Å². The summed E-state index contributed by atoms with van der Waals surface area (Å²) in [7, 11) is 3.02. The van der Waals surface area contributed by atoms with Crippen LogP contribution < -0.4 is 0 Å². The normalized spacial score (nSPS) is 40.3. The minimum absolute atomic E-state index is 0.0277. The molecule has 1 aliphatic heterocycles. The first-order chi connectivity index (χ1) is 26.2. The van der Waals surface area contributed by atoms with Gasteiger partial charge in [-0.05, 0) is 154 Å². The maximum Gasteiger partial charge on any atom is 0.312 e. The van der Waals surface area contributed by atoms with Crippen LogP contribution in [0, 0.1) is 50.7 Å². The number of ether oxygens (including phenoxy) is 6. The lowest BCUT2D eigenvalue weighted by Crippen LogP contribution is -2.61. The van der Waals surface area contributed by atoms with Gasteiger partial charge < -0.3 is 33.5 Å². The predicted octanol–water partition coefficient (Wildman–Crippen LogP) is 7.32. The van der Waals surface area contributed by atoms with E-state index < -0.39 is 62.2 Å². The highest BCUT2D eigenvalue weighted by Gasteiger charge is 2.65. The lowest BCUT2D eigenvalue weighted by Gasteiger charge is -2.60. The average molecular weight is 787 g/mol. The summed E-state index contributed by atoms with van der Waals surface area (Å²) in [5, 5.41) is 10.3. The van der Waals surface area contributed by atoms with Gasteiger partial charge in [-0.3, -0.25) is 24.0 Å². The second kappa shape index (κ2) is 14.5. The van der Waals surface area contributed by atoms with Gasteiger partial charge in [0.15, 0.2) is 6.29 Å². The van der Waals surface area contributed by atoms with E-state index in [-0.39, 0.29) is 61.5 Å². The van der Waals surface area contributed by atoms with Gasteiger partial charge >= 0.3 is 29.8 Å². The van der Waals surface area contributed by atoms with Crippen LogP contribution in [-0.2, 0) is 52.4 Å². The fourth-order valence-corrected chi connectivity index (χ4v) is 13.9. The van der Waals surface area contributed by atoms with Crippen LogP contribution in [-0.4, -0.2) is 79.4 Å². The first-order valence-corrected chi connectivity index (χ1v) is 21.4. The van der Waals surface area contributed by atoms with Gasteiger partial charge in [0.05, 0.1) is 40.3 Å². The van der Waals surface area contributed by atoms with Crippen LogP contribution in [0.1, 0.15) is 150 Å². The van der Waals surface area contributed by atoms with Crippen LogP contribution in [0.2, 0.25) is 0 Å². The Hall–Kier alpha value is -2.73. The summed E-state index contributed by atoms with van der Waals surface area (Å²) in [6.07, 6.45) is 10.2. The largest absolute Gasteiger partial charge is 0.481 e. The molecule has 8 saturated carbocycles. The van der Waals surface area contributed by atoms with Crippen molar-refractivity contribution in [1.82, 2.24) is 0 Å². The van der Waals surface area contributed by atoms with E-state index in [0.29, 0.717) is 57.8 Å². The first kappa shape index (κ1) is 41.4. The molecule has 9 aliphatic rings. The van der Waals surface area contributed by atoms with Crippen molar-refractivity contribution >= 4 is 29.8 Å². The molecule has 0 spiro atoms. The Kier molecular flexibility index (Phi) is 10.7. The first-order valence-electron chi connectivity index (χ1n) is 21.4. The number of methoxy groups -OCH3 is 2. The summed E-state index contributed by atoms with van der Waals surface area (Å²) >= 11 is 0. The van der Waals surface area contributed by atoms with E-state index in [2.05, 4.69) is 0 Å². The Morgan fingerprint density at radius 2 is 1.23 bits per heavy atom. The molecular formula is C44H66O12. The highest BCUT2D eigenvalue weighted by atomic mass is 16.7. The number of rotatable bonds is 15. The van der Waals surface area contributed by atoms with Crippen molar-refractivity contribution in [2.24, 2.45) is 50.7 Å². The topological polar surface area (TPSA) is 161 Å². The molecule has 0 amide bonds. The Bertz CT molecular complexity index is 1560. The predicted molar refractivity (Wildman–Crippen MR) is 202 cm³/mol. The molecule has 8 aliphatic carbocycles. The molecule has 0 aromatic carbocycles. The fraction of sp³-hybridized carbons (Fsp3) is 0.886.